The number of rotatable bonds is 8. The number of ether oxygens (including phenoxy) is 3. The van der Waals surface area contributed by atoms with Crippen LogP contribution in [0.15, 0.2) is 24.3 Å². The summed E-state index contributed by atoms with van der Waals surface area (Å²) in [5, 5.41) is 2.91. The predicted molar refractivity (Wildman–Crippen MR) is 92.7 cm³/mol. The molecule has 2 rings (SSSR count). The van der Waals surface area contributed by atoms with Gasteiger partial charge in [0.1, 0.15) is 11.5 Å². The highest BCUT2D eigenvalue weighted by Gasteiger charge is 2.18. The van der Waals surface area contributed by atoms with E-state index >= 15 is 0 Å². The van der Waals surface area contributed by atoms with Crippen LogP contribution in [0.1, 0.15) is 25.7 Å². The number of amides is 2. The van der Waals surface area contributed by atoms with Crippen molar-refractivity contribution in [2.45, 2.75) is 31.8 Å². The van der Waals surface area contributed by atoms with Gasteiger partial charge in [0.05, 0.1) is 19.8 Å². The Hall–Kier alpha value is -1.95. The molecule has 1 unspecified atom stereocenters. The smallest absolute Gasteiger partial charge is 0.317 e. The number of hydrogen-bond acceptors (Lipinski definition) is 4. The highest BCUT2D eigenvalue weighted by Crippen LogP contribution is 2.17. The third-order valence-corrected chi connectivity index (χ3v) is 4.02. The second kappa shape index (κ2) is 10.0. The summed E-state index contributed by atoms with van der Waals surface area (Å²) in [7, 11) is 3.44. The van der Waals surface area contributed by atoms with Gasteiger partial charge in [-0.1, -0.05) is 0 Å². The van der Waals surface area contributed by atoms with Crippen LogP contribution >= 0.6 is 0 Å². The first-order valence-electron chi connectivity index (χ1n) is 8.56. The second-order valence-corrected chi connectivity index (χ2v) is 5.98. The first kappa shape index (κ1) is 18.4. The van der Waals surface area contributed by atoms with Gasteiger partial charge < -0.3 is 24.4 Å². The van der Waals surface area contributed by atoms with Crippen molar-refractivity contribution in [1.82, 2.24) is 10.2 Å². The molecule has 0 saturated carbocycles. The van der Waals surface area contributed by atoms with E-state index in [1.165, 1.54) is 6.42 Å². The van der Waals surface area contributed by atoms with E-state index in [0.717, 1.165) is 37.4 Å². The summed E-state index contributed by atoms with van der Waals surface area (Å²) < 4.78 is 16.4. The number of urea groups is 1. The van der Waals surface area contributed by atoms with Gasteiger partial charge in [-0.15, -0.1) is 0 Å². The molecule has 1 saturated heterocycles. The molecule has 0 aromatic heterocycles. The summed E-state index contributed by atoms with van der Waals surface area (Å²) in [6.07, 6.45) is 4.27. The van der Waals surface area contributed by atoms with Crippen LogP contribution in [0, 0.1) is 0 Å². The Labute approximate surface area is 144 Å². The van der Waals surface area contributed by atoms with E-state index in [1.54, 1.807) is 19.1 Å². The van der Waals surface area contributed by atoms with Crippen LogP contribution in [0.3, 0.4) is 0 Å². The summed E-state index contributed by atoms with van der Waals surface area (Å²) in [4.78, 5) is 13.7. The highest BCUT2D eigenvalue weighted by atomic mass is 16.5. The normalized spacial score (nSPS) is 17.2. The first-order chi connectivity index (χ1) is 11.7. The van der Waals surface area contributed by atoms with E-state index < -0.39 is 0 Å². The van der Waals surface area contributed by atoms with E-state index in [2.05, 4.69) is 5.32 Å². The molecule has 0 bridgehead atoms. The van der Waals surface area contributed by atoms with Gasteiger partial charge in [0.2, 0.25) is 0 Å². The third-order valence-electron chi connectivity index (χ3n) is 4.02. The van der Waals surface area contributed by atoms with Crippen LogP contribution in [0.5, 0.6) is 11.5 Å². The maximum absolute atomic E-state index is 12.0. The molecular weight excluding hydrogens is 308 g/mol. The maximum atomic E-state index is 12.0. The molecule has 134 valence electrons. The minimum atomic E-state index is -0.0615. The monoisotopic (exact) mass is 336 g/mol. The minimum Gasteiger partial charge on any atom is -0.497 e. The van der Waals surface area contributed by atoms with Gasteiger partial charge in [0.15, 0.2) is 0 Å². The second-order valence-electron chi connectivity index (χ2n) is 5.98. The molecule has 0 aliphatic carbocycles. The number of carbonyl (C=O) groups is 1. The van der Waals surface area contributed by atoms with Crippen molar-refractivity contribution in [3.63, 3.8) is 0 Å². The van der Waals surface area contributed by atoms with Crippen molar-refractivity contribution >= 4 is 6.03 Å². The van der Waals surface area contributed by atoms with E-state index in [-0.39, 0.29) is 12.1 Å². The van der Waals surface area contributed by atoms with E-state index in [0.29, 0.717) is 19.7 Å². The van der Waals surface area contributed by atoms with Gasteiger partial charge in [0, 0.05) is 26.7 Å². The third kappa shape index (κ3) is 6.28. The van der Waals surface area contributed by atoms with Crippen LogP contribution < -0.4 is 14.8 Å². The molecule has 1 aliphatic rings. The van der Waals surface area contributed by atoms with Gasteiger partial charge in [-0.3, -0.25) is 0 Å². The van der Waals surface area contributed by atoms with Crippen LogP contribution in [0.2, 0.25) is 0 Å². The topological polar surface area (TPSA) is 60.0 Å². The van der Waals surface area contributed by atoms with Crippen LogP contribution in [0.4, 0.5) is 4.79 Å². The predicted octanol–water partition coefficient (Wildman–Crippen LogP) is 2.67. The number of carbonyl (C=O) groups excluding carboxylic acids is 1. The number of likely N-dealkylation sites (N-methyl/N-ethyl adjacent to an activating group) is 1. The van der Waals surface area contributed by atoms with Crippen molar-refractivity contribution in [2.24, 2.45) is 0 Å². The minimum absolute atomic E-state index is 0.0615. The van der Waals surface area contributed by atoms with Gasteiger partial charge in [0.25, 0.3) is 0 Å². The molecule has 1 N–H and O–H groups in total. The highest BCUT2D eigenvalue weighted by molar-refractivity contribution is 5.73. The Morgan fingerprint density at radius 2 is 2.04 bits per heavy atom. The number of methoxy groups -OCH3 is 1. The molecule has 2 amide bonds. The largest absolute Gasteiger partial charge is 0.497 e. The molecule has 1 atom stereocenters. The number of benzene rings is 1. The fourth-order valence-corrected chi connectivity index (χ4v) is 2.60. The van der Waals surface area contributed by atoms with Crippen molar-refractivity contribution < 1.29 is 19.0 Å². The lowest BCUT2D eigenvalue weighted by atomic mass is 10.1. The van der Waals surface area contributed by atoms with Crippen LogP contribution in [-0.2, 0) is 4.74 Å². The zero-order valence-corrected chi connectivity index (χ0v) is 14.6. The zero-order chi connectivity index (χ0) is 17.2. The Bertz CT molecular complexity index is 486. The van der Waals surface area contributed by atoms with Crippen LogP contribution in [0.25, 0.3) is 0 Å². The molecule has 0 radical (unpaired) electrons. The summed E-state index contributed by atoms with van der Waals surface area (Å²) in [5.74, 6) is 1.60. The van der Waals surface area contributed by atoms with Crippen molar-refractivity contribution in [3.8, 4) is 11.5 Å². The van der Waals surface area contributed by atoms with Crippen molar-refractivity contribution in [2.75, 3.05) is 40.5 Å². The van der Waals surface area contributed by atoms with Crippen molar-refractivity contribution in [1.29, 1.82) is 0 Å². The average molecular weight is 336 g/mol. The summed E-state index contributed by atoms with van der Waals surface area (Å²) in [6, 6.07) is 7.40. The maximum Gasteiger partial charge on any atom is 0.317 e. The Morgan fingerprint density at radius 3 is 2.71 bits per heavy atom. The fourth-order valence-electron chi connectivity index (χ4n) is 2.60. The molecule has 24 heavy (non-hydrogen) atoms. The lowest BCUT2D eigenvalue weighted by Gasteiger charge is -2.27. The first-order valence-corrected chi connectivity index (χ1v) is 8.56. The van der Waals surface area contributed by atoms with Crippen molar-refractivity contribution in [3.05, 3.63) is 24.3 Å². The number of nitrogens with one attached hydrogen (secondary N) is 1. The van der Waals surface area contributed by atoms with E-state index in [4.69, 9.17) is 14.2 Å². The molecule has 1 fully saturated rings. The number of hydrogen-bond donors (Lipinski definition) is 1. The Kier molecular flexibility index (Phi) is 7.68. The molecule has 0 spiro atoms. The molecule has 1 aromatic rings. The Morgan fingerprint density at radius 1 is 1.29 bits per heavy atom. The van der Waals surface area contributed by atoms with Gasteiger partial charge in [-0.2, -0.15) is 0 Å². The molecule has 1 heterocycles. The average Bonchev–Trinajstić information content (AvgIpc) is 2.62. The standard InChI is InChI=1S/C18H28N2O4/c1-20(14-17-6-3-4-12-24-17)18(21)19-11-5-13-23-16-9-7-15(22-2)8-10-16/h7-10,17H,3-6,11-14H2,1-2H3,(H,19,21). The fraction of sp³-hybridized carbons (Fsp3) is 0.611. The molecule has 6 heteroatoms. The van der Waals surface area contributed by atoms with Gasteiger partial charge in [-0.05, 0) is 49.9 Å². The van der Waals surface area contributed by atoms with E-state index in [1.807, 2.05) is 24.3 Å². The summed E-state index contributed by atoms with van der Waals surface area (Å²) in [5.41, 5.74) is 0. The lowest BCUT2D eigenvalue weighted by Crippen LogP contribution is -2.43. The van der Waals surface area contributed by atoms with Gasteiger partial charge >= 0.3 is 6.03 Å². The van der Waals surface area contributed by atoms with E-state index in [9.17, 15) is 4.79 Å². The van der Waals surface area contributed by atoms with Crippen LogP contribution in [-0.4, -0.2) is 57.5 Å². The Balaban J connectivity index is 1.56. The lowest BCUT2D eigenvalue weighted by molar-refractivity contribution is 0.00386. The molecule has 1 aliphatic heterocycles. The zero-order valence-electron chi connectivity index (χ0n) is 14.6. The summed E-state index contributed by atoms with van der Waals surface area (Å²) >= 11 is 0. The van der Waals surface area contributed by atoms with Gasteiger partial charge in [-0.25, -0.2) is 4.79 Å². The summed E-state index contributed by atoms with van der Waals surface area (Å²) in [6.45, 7) is 2.60. The molecular formula is C18H28N2O4. The quantitative estimate of drug-likeness (QED) is 0.742. The molecule has 1 aromatic carbocycles. The molecule has 6 nitrogen and oxygen atoms in total. The number of nitrogens with zero attached hydrogens (tertiary/aromatic N) is 1. The SMILES string of the molecule is COc1ccc(OCCCNC(=O)N(C)CC2CCCCO2)cc1.